The SMILES string of the molecule is CC(C)(C)OC(=O)N1CC2CC2(c2ccc(I)cc2)C1. The predicted molar refractivity (Wildman–Crippen MR) is 86.8 cm³/mol. The molecule has 0 spiro atoms. The van der Waals surface area contributed by atoms with Gasteiger partial charge >= 0.3 is 6.09 Å². The van der Waals surface area contributed by atoms with Crippen LogP contribution in [0.5, 0.6) is 0 Å². The molecular formula is C16H20INO2. The number of piperidine rings is 1. The fourth-order valence-electron chi connectivity index (χ4n) is 3.18. The summed E-state index contributed by atoms with van der Waals surface area (Å²) in [4.78, 5) is 14.0. The molecular weight excluding hydrogens is 365 g/mol. The van der Waals surface area contributed by atoms with Gasteiger partial charge in [-0.05, 0) is 73.4 Å². The molecule has 2 fully saturated rings. The van der Waals surface area contributed by atoms with Crippen LogP contribution in [0.4, 0.5) is 4.79 Å². The second-order valence-corrected chi connectivity index (χ2v) is 8.17. The van der Waals surface area contributed by atoms with Crippen molar-refractivity contribution in [2.24, 2.45) is 5.92 Å². The van der Waals surface area contributed by atoms with Gasteiger partial charge in [-0.25, -0.2) is 4.79 Å². The fraction of sp³-hybridized carbons (Fsp3) is 0.562. The number of hydrogen-bond donors (Lipinski definition) is 0. The molecule has 3 nitrogen and oxygen atoms in total. The lowest BCUT2D eigenvalue weighted by Crippen LogP contribution is -2.37. The number of fused-ring (bicyclic) bond motifs is 1. The highest BCUT2D eigenvalue weighted by Crippen LogP contribution is 2.59. The van der Waals surface area contributed by atoms with Gasteiger partial charge in [0.1, 0.15) is 5.60 Å². The third kappa shape index (κ3) is 2.54. The molecule has 1 aromatic carbocycles. The van der Waals surface area contributed by atoms with Gasteiger partial charge in [-0.1, -0.05) is 12.1 Å². The zero-order chi connectivity index (χ0) is 14.5. The number of halogens is 1. The summed E-state index contributed by atoms with van der Waals surface area (Å²) < 4.78 is 6.73. The van der Waals surface area contributed by atoms with Crippen LogP contribution >= 0.6 is 22.6 Å². The minimum Gasteiger partial charge on any atom is -0.444 e. The number of carbonyl (C=O) groups excluding carboxylic acids is 1. The van der Waals surface area contributed by atoms with E-state index in [-0.39, 0.29) is 11.5 Å². The van der Waals surface area contributed by atoms with E-state index in [0.29, 0.717) is 5.92 Å². The van der Waals surface area contributed by atoms with E-state index in [1.807, 2.05) is 25.7 Å². The second-order valence-electron chi connectivity index (χ2n) is 6.92. The van der Waals surface area contributed by atoms with Gasteiger partial charge in [-0.15, -0.1) is 0 Å². The quantitative estimate of drug-likeness (QED) is 0.689. The lowest BCUT2D eigenvalue weighted by atomic mass is 9.95. The van der Waals surface area contributed by atoms with Gasteiger partial charge in [0, 0.05) is 22.1 Å². The molecule has 3 rings (SSSR count). The van der Waals surface area contributed by atoms with Crippen molar-refractivity contribution in [2.75, 3.05) is 13.1 Å². The Labute approximate surface area is 133 Å². The standard InChI is InChI=1S/C16H20INO2/c1-15(2,3)20-14(19)18-9-12-8-16(12,10-18)11-4-6-13(17)7-5-11/h4-7,12H,8-10H2,1-3H3. The Morgan fingerprint density at radius 3 is 2.60 bits per heavy atom. The molecule has 0 bridgehead atoms. The molecule has 0 aromatic heterocycles. The summed E-state index contributed by atoms with van der Waals surface area (Å²) in [6.07, 6.45) is 1.03. The van der Waals surface area contributed by atoms with Crippen LogP contribution in [0.2, 0.25) is 0 Å². The number of likely N-dealkylation sites (tertiary alicyclic amines) is 1. The molecule has 108 valence electrons. The first-order chi connectivity index (χ1) is 9.30. The van der Waals surface area contributed by atoms with Crippen molar-refractivity contribution in [1.82, 2.24) is 4.90 Å². The Kier molecular flexibility index (Phi) is 3.27. The van der Waals surface area contributed by atoms with Gasteiger partial charge in [0.2, 0.25) is 0 Å². The van der Waals surface area contributed by atoms with Crippen LogP contribution < -0.4 is 0 Å². The van der Waals surface area contributed by atoms with Crippen LogP contribution in [0.3, 0.4) is 0 Å². The molecule has 2 unspecified atom stereocenters. The first-order valence-corrected chi connectivity index (χ1v) is 8.12. The van der Waals surface area contributed by atoms with Gasteiger partial charge in [0.05, 0.1) is 0 Å². The molecule has 20 heavy (non-hydrogen) atoms. The van der Waals surface area contributed by atoms with E-state index in [9.17, 15) is 4.79 Å². The minimum atomic E-state index is -0.417. The molecule has 4 heteroatoms. The van der Waals surface area contributed by atoms with Crippen LogP contribution in [0.1, 0.15) is 32.8 Å². The lowest BCUT2D eigenvalue weighted by Gasteiger charge is -2.26. The summed E-state index contributed by atoms with van der Waals surface area (Å²) in [5, 5.41) is 0. The van der Waals surface area contributed by atoms with Gasteiger partial charge in [-0.3, -0.25) is 0 Å². The lowest BCUT2D eigenvalue weighted by molar-refractivity contribution is 0.0270. The maximum absolute atomic E-state index is 12.2. The fourth-order valence-corrected chi connectivity index (χ4v) is 3.54. The van der Waals surface area contributed by atoms with E-state index in [1.165, 1.54) is 15.6 Å². The first kappa shape index (κ1) is 14.2. The van der Waals surface area contributed by atoms with E-state index in [0.717, 1.165) is 13.1 Å². The van der Waals surface area contributed by atoms with E-state index in [1.54, 1.807) is 0 Å². The van der Waals surface area contributed by atoms with Crippen molar-refractivity contribution >= 4 is 28.7 Å². The molecule has 1 saturated carbocycles. The van der Waals surface area contributed by atoms with E-state index < -0.39 is 5.60 Å². The molecule has 0 radical (unpaired) electrons. The van der Waals surface area contributed by atoms with E-state index >= 15 is 0 Å². The Hall–Kier alpha value is -0.780. The monoisotopic (exact) mass is 385 g/mol. The number of hydrogen-bond acceptors (Lipinski definition) is 2. The molecule has 1 aromatic rings. The van der Waals surface area contributed by atoms with Crippen LogP contribution in [-0.4, -0.2) is 29.7 Å². The number of amides is 1. The number of ether oxygens (including phenoxy) is 1. The largest absolute Gasteiger partial charge is 0.444 e. The number of nitrogens with zero attached hydrogens (tertiary/aromatic N) is 1. The Morgan fingerprint density at radius 2 is 2.00 bits per heavy atom. The molecule has 1 aliphatic heterocycles. The maximum Gasteiger partial charge on any atom is 0.410 e. The van der Waals surface area contributed by atoms with Crippen molar-refractivity contribution in [3.63, 3.8) is 0 Å². The number of rotatable bonds is 1. The Balaban J connectivity index is 1.71. The third-order valence-electron chi connectivity index (χ3n) is 4.22. The molecule has 0 N–H and O–H groups in total. The predicted octanol–water partition coefficient (Wildman–Crippen LogP) is 3.80. The minimum absolute atomic E-state index is 0.172. The zero-order valence-electron chi connectivity index (χ0n) is 12.1. The van der Waals surface area contributed by atoms with Crippen molar-refractivity contribution in [3.05, 3.63) is 33.4 Å². The highest BCUT2D eigenvalue weighted by molar-refractivity contribution is 14.1. The van der Waals surface area contributed by atoms with Crippen LogP contribution in [0, 0.1) is 9.49 Å². The van der Waals surface area contributed by atoms with Crippen molar-refractivity contribution in [3.8, 4) is 0 Å². The average molecular weight is 385 g/mol. The van der Waals surface area contributed by atoms with Gasteiger partial charge in [-0.2, -0.15) is 0 Å². The summed E-state index contributed by atoms with van der Waals surface area (Å²) >= 11 is 2.32. The van der Waals surface area contributed by atoms with Crippen LogP contribution in [0.15, 0.2) is 24.3 Å². The van der Waals surface area contributed by atoms with E-state index in [2.05, 4.69) is 46.9 Å². The molecule has 2 aliphatic rings. The summed E-state index contributed by atoms with van der Waals surface area (Å²) in [6, 6.07) is 8.72. The Bertz CT molecular complexity index is 534. The smallest absolute Gasteiger partial charge is 0.410 e. The van der Waals surface area contributed by atoms with Gasteiger partial charge < -0.3 is 9.64 Å². The highest BCUT2D eigenvalue weighted by atomic mass is 127. The van der Waals surface area contributed by atoms with E-state index in [4.69, 9.17) is 4.74 Å². The summed E-state index contributed by atoms with van der Waals surface area (Å²) in [5.74, 6) is 0.607. The first-order valence-electron chi connectivity index (χ1n) is 7.04. The van der Waals surface area contributed by atoms with Crippen molar-refractivity contribution in [2.45, 2.75) is 38.2 Å². The summed E-state index contributed by atoms with van der Waals surface area (Å²) in [6.45, 7) is 7.37. The average Bonchev–Trinajstić information content (AvgIpc) is 2.90. The normalized spacial score (nSPS) is 28.2. The Morgan fingerprint density at radius 1 is 1.35 bits per heavy atom. The van der Waals surface area contributed by atoms with Crippen LogP contribution in [0.25, 0.3) is 0 Å². The molecule has 1 amide bonds. The van der Waals surface area contributed by atoms with Crippen LogP contribution in [-0.2, 0) is 10.2 Å². The molecule has 1 saturated heterocycles. The number of carbonyl (C=O) groups is 1. The zero-order valence-corrected chi connectivity index (χ0v) is 14.3. The third-order valence-corrected chi connectivity index (χ3v) is 4.94. The maximum atomic E-state index is 12.2. The van der Waals surface area contributed by atoms with Crippen molar-refractivity contribution < 1.29 is 9.53 Å². The molecule has 1 aliphatic carbocycles. The molecule has 1 heterocycles. The van der Waals surface area contributed by atoms with Gasteiger partial charge in [0.25, 0.3) is 0 Å². The van der Waals surface area contributed by atoms with Crippen molar-refractivity contribution in [1.29, 1.82) is 0 Å². The van der Waals surface area contributed by atoms with Gasteiger partial charge in [0.15, 0.2) is 0 Å². The second kappa shape index (κ2) is 4.61. The summed E-state index contributed by atoms with van der Waals surface area (Å²) in [7, 11) is 0. The number of benzene rings is 1. The summed E-state index contributed by atoms with van der Waals surface area (Å²) in [5.41, 5.74) is 1.15. The molecule has 2 atom stereocenters. The highest BCUT2D eigenvalue weighted by Gasteiger charge is 2.62. The topological polar surface area (TPSA) is 29.5 Å².